The summed E-state index contributed by atoms with van der Waals surface area (Å²) in [6.45, 7) is 7.07. The standard InChI is InChI=1S/C11H10F6.C2H6/c1-6(2)7-3-8(10(12,13)14)5-9(4-7)11(15,16)17;1-2/h3-6H,1-2H3;1-2H3. The Balaban J connectivity index is 0.00000154. The van der Waals surface area contributed by atoms with Gasteiger partial charge in [-0.3, -0.25) is 0 Å². The first kappa shape index (κ1) is 17.8. The fourth-order valence-corrected chi connectivity index (χ4v) is 1.31. The number of hydrogen-bond donors (Lipinski definition) is 0. The van der Waals surface area contributed by atoms with E-state index in [0.29, 0.717) is 0 Å². The van der Waals surface area contributed by atoms with Gasteiger partial charge in [-0.2, -0.15) is 26.3 Å². The number of alkyl halides is 6. The molecule has 0 aliphatic heterocycles. The van der Waals surface area contributed by atoms with Crippen molar-refractivity contribution < 1.29 is 26.3 Å². The van der Waals surface area contributed by atoms with Gasteiger partial charge in [-0.15, -0.1) is 0 Å². The Bertz CT molecular complexity index is 368. The molecule has 110 valence electrons. The van der Waals surface area contributed by atoms with Gasteiger partial charge < -0.3 is 0 Å². The Morgan fingerprint density at radius 1 is 0.737 bits per heavy atom. The highest BCUT2D eigenvalue weighted by Gasteiger charge is 2.36. The summed E-state index contributed by atoms with van der Waals surface area (Å²) in [6.07, 6.45) is -9.55. The maximum Gasteiger partial charge on any atom is 0.416 e. The van der Waals surface area contributed by atoms with Crippen LogP contribution in [-0.4, -0.2) is 0 Å². The molecule has 0 amide bonds. The molecule has 1 aromatic carbocycles. The maximum absolute atomic E-state index is 12.4. The predicted molar refractivity (Wildman–Crippen MR) is 61.9 cm³/mol. The zero-order chi connectivity index (χ0) is 15.4. The van der Waals surface area contributed by atoms with Gasteiger partial charge in [-0.05, 0) is 29.7 Å². The third-order valence-electron chi connectivity index (χ3n) is 2.28. The lowest BCUT2D eigenvalue weighted by molar-refractivity contribution is -0.143. The summed E-state index contributed by atoms with van der Waals surface area (Å²) in [5.74, 6) is -0.404. The molecular formula is C13H16F6. The molecule has 0 nitrogen and oxygen atoms in total. The molecule has 0 bridgehead atoms. The molecule has 0 aromatic heterocycles. The second-order valence-corrected chi connectivity index (χ2v) is 3.99. The van der Waals surface area contributed by atoms with Gasteiger partial charge in [0.05, 0.1) is 11.1 Å². The van der Waals surface area contributed by atoms with Crippen molar-refractivity contribution in [1.82, 2.24) is 0 Å². The van der Waals surface area contributed by atoms with Gasteiger partial charge in [0.25, 0.3) is 0 Å². The molecule has 0 heterocycles. The van der Waals surface area contributed by atoms with E-state index in [1.807, 2.05) is 13.8 Å². The fraction of sp³-hybridized carbons (Fsp3) is 0.538. The largest absolute Gasteiger partial charge is 0.416 e. The van der Waals surface area contributed by atoms with Crippen molar-refractivity contribution in [2.45, 2.75) is 46.0 Å². The molecule has 0 atom stereocenters. The lowest BCUT2D eigenvalue weighted by Crippen LogP contribution is -2.12. The van der Waals surface area contributed by atoms with Crippen LogP contribution < -0.4 is 0 Å². The van der Waals surface area contributed by atoms with Crippen molar-refractivity contribution in [3.8, 4) is 0 Å². The number of halogens is 6. The number of benzene rings is 1. The van der Waals surface area contributed by atoms with E-state index in [1.165, 1.54) is 13.8 Å². The quantitative estimate of drug-likeness (QED) is 0.566. The summed E-state index contributed by atoms with van der Waals surface area (Å²) in [7, 11) is 0. The van der Waals surface area contributed by atoms with Gasteiger partial charge in [0, 0.05) is 0 Å². The Labute approximate surface area is 108 Å². The third-order valence-corrected chi connectivity index (χ3v) is 2.28. The molecule has 0 fully saturated rings. The molecule has 1 aromatic rings. The van der Waals surface area contributed by atoms with Gasteiger partial charge >= 0.3 is 12.4 Å². The molecule has 0 unspecified atom stereocenters. The van der Waals surface area contributed by atoms with Crippen LogP contribution in [0.5, 0.6) is 0 Å². The Morgan fingerprint density at radius 2 is 1.05 bits per heavy atom. The minimum Gasteiger partial charge on any atom is -0.166 e. The maximum atomic E-state index is 12.4. The van der Waals surface area contributed by atoms with Crippen molar-refractivity contribution in [3.63, 3.8) is 0 Å². The average molecular weight is 286 g/mol. The van der Waals surface area contributed by atoms with Gasteiger partial charge in [0.1, 0.15) is 0 Å². The molecule has 0 aliphatic carbocycles. The molecule has 0 aliphatic rings. The molecular weight excluding hydrogens is 270 g/mol. The van der Waals surface area contributed by atoms with E-state index in [0.717, 1.165) is 12.1 Å². The molecule has 0 saturated carbocycles. The monoisotopic (exact) mass is 286 g/mol. The Morgan fingerprint density at radius 3 is 1.26 bits per heavy atom. The second-order valence-electron chi connectivity index (χ2n) is 3.99. The van der Waals surface area contributed by atoms with Gasteiger partial charge in [-0.25, -0.2) is 0 Å². The average Bonchev–Trinajstić information content (AvgIpc) is 2.28. The third kappa shape index (κ3) is 5.12. The summed E-state index contributed by atoms with van der Waals surface area (Å²) in [6, 6.07) is 1.63. The van der Waals surface area contributed by atoms with Crippen molar-refractivity contribution in [3.05, 3.63) is 34.9 Å². The first-order valence-corrected chi connectivity index (χ1v) is 5.81. The first-order chi connectivity index (χ1) is 8.51. The van der Waals surface area contributed by atoms with Crippen LogP contribution in [0.3, 0.4) is 0 Å². The van der Waals surface area contributed by atoms with E-state index >= 15 is 0 Å². The molecule has 19 heavy (non-hydrogen) atoms. The van der Waals surface area contributed by atoms with Crippen molar-refractivity contribution in [2.24, 2.45) is 0 Å². The number of rotatable bonds is 1. The lowest BCUT2D eigenvalue weighted by Gasteiger charge is -2.15. The fourth-order valence-electron chi connectivity index (χ4n) is 1.31. The molecule has 1 rings (SSSR count). The zero-order valence-electron chi connectivity index (χ0n) is 11.1. The SMILES string of the molecule is CC.CC(C)c1cc(C(F)(F)F)cc(C(F)(F)F)c1. The van der Waals surface area contributed by atoms with E-state index in [4.69, 9.17) is 0 Å². The van der Waals surface area contributed by atoms with Crippen molar-refractivity contribution in [2.75, 3.05) is 0 Å². The highest BCUT2D eigenvalue weighted by Crippen LogP contribution is 2.37. The highest BCUT2D eigenvalue weighted by atomic mass is 19.4. The van der Waals surface area contributed by atoms with E-state index in [1.54, 1.807) is 0 Å². The van der Waals surface area contributed by atoms with Crippen LogP contribution in [0.2, 0.25) is 0 Å². The van der Waals surface area contributed by atoms with Crippen LogP contribution in [0.4, 0.5) is 26.3 Å². The molecule has 0 spiro atoms. The summed E-state index contributed by atoms with van der Waals surface area (Å²) in [5, 5.41) is 0. The van der Waals surface area contributed by atoms with E-state index < -0.39 is 29.4 Å². The molecule has 0 saturated heterocycles. The van der Waals surface area contributed by atoms with E-state index in [2.05, 4.69) is 0 Å². The van der Waals surface area contributed by atoms with E-state index in [9.17, 15) is 26.3 Å². The van der Waals surface area contributed by atoms with Crippen LogP contribution in [0, 0.1) is 0 Å². The minimum atomic E-state index is -4.77. The topological polar surface area (TPSA) is 0 Å². The van der Waals surface area contributed by atoms with Crippen LogP contribution in [0.25, 0.3) is 0 Å². The van der Waals surface area contributed by atoms with Gasteiger partial charge in [-0.1, -0.05) is 27.7 Å². The molecule has 0 radical (unpaired) electrons. The lowest BCUT2D eigenvalue weighted by atomic mass is 9.97. The van der Waals surface area contributed by atoms with Gasteiger partial charge in [0.15, 0.2) is 0 Å². The summed E-state index contributed by atoms with van der Waals surface area (Å²) in [5.41, 5.74) is -2.51. The van der Waals surface area contributed by atoms with Crippen LogP contribution >= 0.6 is 0 Å². The first-order valence-electron chi connectivity index (χ1n) is 5.81. The zero-order valence-corrected chi connectivity index (χ0v) is 11.1. The van der Waals surface area contributed by atoms with Crippen molar-refractivity contribution >= 4 is 0 Å². The number of hydrogen-bond acceptors (Lipinski definition) is 0. The normalized spacial score (nSPS) is 12.2. The molecule has 0 N–H and O–H groups in total. The second kappa shape index (κ2) is 6.30. The van der Waals surface area contributed by atoms with Crippen LogP contribution in [0.15, 0.2) is 18.2 Å². The summed E-state index contributed by atoms with van der Waals surface area (Å²) < 4.78 is 74.6. The van der Waals surface area contributed by atoms with Crippen LogP contribution in [0.1, 0.15) is 50.3 Å². The van der Waals surface area contributed by atoms with Crippen LogP contribution in [-0.2, 0) is 12.4 Å². The molecule has 6 heteroatoms. The van der Waals surface area contributed by atoms with Gasteiger partial charge in [0.2, 0.25) is 0 Å². The minimum absolute atomic E-state index is 0.0205. The predicted octanol–water partition coefficient (Wildman–Crippen LogP) is 5.87. The summed E-state index contributed by atoms with van der Waals surface area (Å²) in [4.78, 5) is 0. The Kier molecular flexibility index (Phi) is 5.90. The van der Waals surface area contributed by atoms with Crippen molar-refractivity contribution in [1.29, 1.82) is 0 Å². The smallest absolute Gasteiger partial charge is 0.166 e. The highest BCUT2D eigenvalue weighted by molar-refractivity contribution is 5.35. The van der Waals surface area contributed by atoms with E-state index in [-0.39, 0.29) is 11.6 Å². The Hall–Kier alpha value is -1.20. The summed E-state index contributed by atoms with van der Waals surface area (Å²) >= 11 is 0.